The van der Waals surface area contributed by atoms with Gasteiger partial charge in [0, 0.05) is 24.0 Å². The first kappa shape index (κ1) is 14.6. The summed E-state index contributed by atoms with van der Waals surface area (Å²) in [6.45, 7) is 6.16. The van der Waals surface area contributed by atoms with Crippen LogP contribution in [0, 0.1) is 6.92 Å². The van der Waals surface area contributed by atoms with Crippen LogP contribution in [0.5, 0.6) is 0 Å². The number of hydrogen-bond acceptors (Lipinski definition) is 5. The third-order valence-corrected chi connectivity index (χ3v) is 1.93. The van der Waals surface area contributed by atoms with Crippen LogP contribution in [0.4, 0.5) is 11.6 Å². The number of aromatic amines is 1. The van der Waals surface area contributed by atoms with Crippen LogP contribution < -0.4 is 10.6 Å². The van der Waals surface area contributed by atoms with Crippen molar-refractivity contribution >= 4 is 18.0 Å². The van der Waals surface area contributed by atoms with Crippen molar-refractivity contribution in [3.05, 3.63) is 30.4 Å². The third-order valence-electron chi connectivity index (χ3n) is 1.93. The fourth-order valence-electron chi connectivity index (χ4n) is 1.22. The normalized spacial score (nSPS) is 9.47. The van der Waals surface area contributed by atoms with Gasteiger partial charge in [-0.15, -0.1) is 0 Å². The Kier molecular flexibility index (Phi) is 6.00. The zero-order valence-corrected chi connectivity index (χ0v) is 11.2. The lowest BCUT2D eigenvalue weighted by Crippen LogP contribution is -2.09. The molecule has 0 spiro atoms. The van der Waals surface area contributed by atoms with E-state index in [0.29, 0.717) is 18.3 Å². The topological polar surface area (TPSA) is 95.6 Å². The Morgan fingerprint density at radius 3 is 2.63 bits per heavy atom. The van der Waals surface area contributed by atoms with Crippen LogP contribution in [0.2, 0.25) is 0 Å². The fourth-order valence-corrected chi connectivity index (χ4v) is 1.22. The SMILES string of the molecule is Cc1cc(NC(C)C)n[nH]1.O=CNc1ccncn1. The number of rotatable bonds is 4. The molecular formula is C12H18N6O. The lowest BCUT2D eigenvalue weighted by atomic mass is 10.4. The Bertz CT molecular complexity index is 482. The molecule has 0 fully saturated rings. The lowest BCUT2D eigenvalue weighted by Gasteiger charge is -2.03. The van der Waals surface area contributed by atoms with E-state index >= 15 is 0 Å². The maximum atomic E-state index is 9.80. The Balaban J connectivity index is 0.000000191. The number of carbonyl (C=O) groups excluding carboxylic acids is 1. The van der Waals surface area contributed by atoms with Crippen molar-refractivity contribution < 1.29 is 4.79 Å². The van der Waals surface area contributed by atoms with E-state index in [-0.39, 0.29) is 0 Å². The van der Waals surface area contributed by atoms with Gasteiger partial charge in [0.25, 0.3) is 0 Å². The molecule has 0 aliphatic heterocycles. The molecule has 3 N–H and O–H groups in total. The van der Waals surface area contributed by atoms with Gasteiger partial charge in [0.2, 0.25) is 6.41 Å². The van der Waals surface area contributed by atoms with E-state index in [0.717, 1.165) is 11.5 Å². The van der Waals surface area contributed by atoms with Crippen molar-refractivity contribution in [1.29, 1.82) is 0 Å². The fraction of sp³-hybridized carbons (Fsp3) is 0.333. The molecule has 19 heavy (non-hydrogen) atoms. The second-order valence-corrected chi connectivity index (χ2v) is 4.09. The number of hydrogen-bond donors (Lipinski definition) is 3. The van der Waals surface area contributed by atoms with Crippen molar-refractivity contribution in [1.82, 2.24) is 20.2 Å². The van der Waals surface area contributed by atoms with Gasteiger partial charge < -0.3 is 10.6 Å². The summed E-state index contributed by atoms with van der Waals surface area (Å²) in [7, 11) is 0. The first-order chi connectivity index (χ1) is 9.11. The Labute approximate surface area is 111 Å². The van der Waals surface area contributed by atoms with E-state index in [1.165, 1.54) is 6.33 Å². The number of nitrogens with one attached hydrogen (secondary N) is 3. The molecular weight excluding hydrogens is 244 g/mol. The molecule has 0 bridgehead atoms. The molecule has 7 nitrogen and oxygen atoms in total. The third kappa shape index (κ3) is 6.16. The largest absolute Gasteiger partial charge is 0.366 e. The molecule has 102 valence electrons. The summed E-state index contributed by atoms with van der Waals surface area (Å²) in [5, 5.41) is 12.4. The Hall–Kier alpha value is -2.44. The van der Waals surface area contributed by atoms with Crippen LogP contribution in [0.1, 0.15) is 19.5 Å². The maximum Gasteiger partial charge on any atom is 0.212 e. The van der Waals surface area contributed by atoms with Crippen molar-refractivity contribution in [2.24, 2.45) is 0 Å². The van der Waals surface area contributed by atoms with Gasteiger partial charge >= 0.3 is 0 Å². The Morgan fingerprint density at radius 1 is 1.37 bits per heavy atom. The first-order valence-electron chi connectivity index (χ1n) is 5.86. The van der Waals surface area contributed by atoms with Crippen molar-refractivity contribution in [3.8, 4) is 0 Å². The number of anilines is 2. The molecule has 2 aromatic heterocycles. The molecule has 0 aliphatic carbocycles. The van der Waals surface area contributed by atoms with Gasteiger partial charge in [0.1, 0.15) is 18.0 Å². The highest BCUT2D eigenvalue weighted by atomic mass is 16.1. The predicted molar refractivity (Wildman–Crippen MR) is 73.8 cm³/mol. The molecule has 2 rings (SSSR count). The average Bonchev–Trinajstić information content (AvgIpc) is 2.76. The molecule has 0 aromatic carbocycles. The van der Waals surface area contributed by atoms with E-state index in [1.54, 1.807) is 12.3 Å². The summed E-state index contributed by atoms with van der Waals surface area (Å²) in [6.07, 6.45) is 3.49. The van der Waals surface area contributed by atoms with Gasteiger partial charge in [-0.2, -0.15) is 5.10 Å². The number of aryl methyl sites for hydroxylation is 1. The Morgan fingerprint density at radius 2 is 2.16 bits per heavy atom. The first-order valence-corrected chi connectivity index (χ1v) is 5.86. The maximum absolute atomic E-state index is 9.80. The number of nitrogens with zero attached hydrogens (tertiary/aromatic N) is 3. The van der Waals surface area contributed by atoms with Crippen LogP contribution in [0.15, 0.2) is 24.7 Å². The van der Waals surface area contributed by atoms with E-state index in [9.17, 15) is 4.79 Å². The van der Waals surface area contributed by atoms with Crippen molar-refractivity contribution in [2.75, 3.05) is 10.6 Å². The van der Waals surface area contributed by atoms with Gasteiger partial charge in [0.15, 0.2) is 0 Å². The minimum atomic E-state index is 0.447. The van der Waals surface area contributed by atoms with Gasteiger partial charge in [-0.1, -0.05) is 0 Å². The molecule has 0 radical (unpaired) electrons. The second-order valence-electron chi connectivity index (χ2n) is 4.09. The standard InChI is InChI=1S/C7H13N3.C5H5N3O/c1-5(2)8-7-4-6(3)9-10-7;9-4-8-5-1-2-6-3-7-5/h4-5H,1-3H3,(H2,8,9,10);1-4H,(H,6,7,8,9). The minimum absolute atomic E-state index is 0.447. The summed E-state index contributed by atoms with van der Waals surface area (Å²) >= 11 is 0. The van der Waals surface area contributed by atoms with Crippen LogP contribution >= 0.6 is 0 Å². The average molecular weight is 262 g/mol. The summed E-state index contributed by atoms with van der Waals surface area (Å²) in [4.78, 5) is 17.2. The summed E-state index contributed by atoms with van der Waals surface area (Å²) in [5.74, 6) is 1.44. The van der Waals surface area contributed by atoms with Crippen LogP contribution in [-0.2, 0) is 4.79 Å². The van der Waals surface area contributed by atoms with Crippen molar-refractivity contribution in [3.63, 3.8) is 0 Å². The number of amides is 1. The molecule has 2 aromatic rings. The minimum Gasteiger partial charge on any atom is -0.366 e. The molecule has 0 atom stereocenters. The summed E-state index contributed by atoms with van der Waals surface area (Å²) < 4.78 is 0. The summed E-state index contributed by atoms with van der Waals surface area (Å²) in [6, 6.07) is 4.04. The van der Waals surface area contributed by atoms with Gasteiger partial charge in [-0.05, 0) is 26.8 Å². The van der Waals surface area contributed by atoms with Gasteiger partial charge in [-0.3, -0.25) is 9.89 Å². The highest BCUT2D eigenvalue weighted by molar-refractivity contribution is 5.68. The number of carbonyl (C=O) groups is 1. The van der Waals surface area contributed by atoms with Crippen LogP contribution in [0.25, 0.3) is 0 Å². The smallest absolute Gasteiger partial charge is 0.212 e. The number of aromatic nitrogens is 4. The molecule has 0 saturated heterocycles. The summed E-state index contributed by atoms with van der Waals surface area (Å²) in [5.41, 5.74) is 1.09. The van der Waals surface area contributed by atoms with Gasteiger partial charge in [-0.25, -0.2) is 9.97 Å². The van der Waals surface area contributed by atoms with E-state index in [2.05, 4.69) is 44.6 Å². The molecule has 0 aliphatic rings. The molecule has 1 amide bonds. The second kappa shape index (κ2) is 7.80. The molecule has 0 unspecified atom stereocenters. The zero-order chi connectivity index (χ0) is 14.1. The van der Waals surface area contributed by atoms with Crippen molar-refractivity contribution in [2.45, 2.75) is 26.8 Å². The molecule has 2 heterocycles. The van der Waals surface area contributed by atoms with Crippen LogP contribution in [0.3, 0.4) is 0 Å². The zero-order valence-electron chi connectivity index (χ0n) is 11.2. The van der Waals surface area contributed by atoms with Crippen LogP contribution in [-0.4, -0.2) is 32.6 Å². The number of H-pyrrole nitrogens is 1. The highest BCUT2D eigenvalue weighted by Gasteiger charge is 1.96. The lowest BCUT2D eigenvalue weighted by molar-refractivity contribution is -0.105. The molecule has 0 saturated carbocycles. The quantitative estimate of drug-likeness (QED) is 0.727. The predicted octanol–water partition coefficient (Wildman–Crippen LogP) is 1.58. The highest BCUT2D eigenvalue weighted by Crippen LogP contribution is 2.04. The monoisotopic (exact) mass is 262 g/mol. The van der Waals surface area contributed by atoms with E-state index in [1.807, 2.05) is 13.0 Å². The van der Waals surface area contributed by atoms with E-state index < -0.39 is 0 Å². The van der Waals surface area contributed by atoms with E-state index in [4.69, 9.17) is 0 Å². The molecule has 7 heteroatoms. The van der Waals surface area contributed by atoms with Gasteiger partial charge in [0.05, 0.1) is 0 Å².